The highest BCUT2D eigenvalue weighted by atomic mass is 19.4. The van der Waals surface area contributed by atoms with Gasteiger partial charge in [-0.05, 0) is 29.8 Å². The molecule has 0 unspecified atom stereocenters. The Hall–Kier alpha value is -2.50. The SMILES string of the molecule is O=C(NCc1ccc(C(F)(F)F)cc1)Oc1ccccc1. The zero-order valence-corrected chi connectivity index (χ0v) is 10.9. The van der Waals surface area contributed by atoms with E-state index < -0.39 is 17.8 Å². The van der Waals surface area contributed by atoms with Crippen LogP contribution in [0.5, 0.6) is 5.75 Å². The number of hydrogen-bond acceptors (Lipinski definition) is 2. The first-order valence-corrected chi connectivity index (χ1v) is 6.12. The molecule has 6 heteroatoms. The van der Waals surface area contributed by atoms with Gasteiger partial charge in [0.25, 0.3) is 0 Å². The van der Waals surface area contributed by atoms with Gasteiger partial charge in [-0.15, -0.1) is 0 Å². The molecule has 3 nitrogen and oxygen atoms in total. The van der Waals surface area contributed by atoms with E-state index in [9.17, 15) is 18.0 Å². The summed E-state index contributed by atoms with van der Waals surface area (Å²) in [4.78, 5) is 11.5. The minimum absolute atomic E-state index is 0.0871. The topological polar surface area (TPSA) is 38.3 Å². The largest absolute Gasteiger partial charge is 0.416 e. The molecule has 2 rings (SSSR count). The number of nitrogens with one attached hydrogen (secondary N) is 1. The standard InChI is InChI=1S/C15H12F3NO2/c16-15(17,18)12-8-6-11(7-9-12)10-19-14(20)21-13-4-2-1-3-5-13/h1-9H,10H2,(H,19,20). The Morgan fingerprint density at radius 2 is 1.62 bits per heavy atom. The van der Waals surface area contributed by atoms with Crippen molar-refractivity contribution in [3.05, 3.63) is 65.7 Å². The van der Waals surface area contributed by atoms with Crippen LogP contribution in [-0.4, -0.2) is 6.09 Å². The summed E-state index contributed by atoms with van der Waals surface area (Å²) in [7, 11) is 0. The Kier molecular flexibility index (Phi) is 4.47. The molecular weight excluding hydrogens is 283 g/mol. The summed E-state index contributed by atoms with van der Waals surface area (Å²) in [5, 5.41) is 2.46. The van der Waals surface area contributed by atoms with Crippen LogP contribution in [0.2, 0.25) is 0 Å². The van der Waals surface area contributed by atoms with Gasteiger partial charge in [0.1, 0.15) is 5.75 Å². The first kappa shape index (κ1) is 14.9. The molecule has 0 radical (unpaired) electrons. The number of para-hydroxylation sites is 1. The predicted octanol–water partition coefficient (Wildman–Crippen LogP) is 3.99. The highest BCUT2D eigenvalue weighted by Crippen LogP contribution is 2.29. The lowest BCUT2D eigenvalue weighted by Gasteiger charge is -2.09. The molecule has 0 aliphatic heterocycles. The summed E-state index contributed by atoms with van der Waals surface area (Å²) in [6.07, 6.45) is -5.03. The zero-order valence-electron chi connectivity index (χ0n) is 10.9. The molecule has 0 aromatic heterocycles. The third kappa shape index (κ3) is 4.52. The second-order valence-electron chi connectivity index (χ2n) is 4.25. The molecule has 0 atom stereocenters. The molecule has 1 amide bonds. The first-order chi connectivity index (χ1) is 9.95. The van der Waals surface area contributed by atoms with E-state index in [-0.39, 0.29) is 6.54 Å². The van der Waals surface area contributed by atoms with Gasteiger partial charge in [0.15, 0.2) is 0 Å². The molecule has 0 spiro atoms. The van der Waals surface area contributed by atoms with Gasteiger partial charge in [-0.25, -0.2) is 4.79 Å². The fourth-order valence-corrected chi connectivity index (χ4v) is 1.62. The summed E-state index contributed by atoms with van der Waals surface area (Å²) >= 11 is 0. The summed E-state index contributed by atoms with van der Waals surface area (Å²) in [5.41, 5.74) is -0.175. The van der Waals surface area contributed by atoms with Gasteiger partial charge >= 0.3 is 12.3 Å². The number of rotatable bonds is 3. The number of carbonyl (C=O) groups is 1. The lowest BCUT2D eigenvalue weighted by atomic mass is 10.1. The summed E-state index contributed by atoms with van der Waals surface area (Å²) < 4.78 is 42.1. The van der Waals surface area contributed by atoms with Crippen LogP contribution >= 0.6 is 0 Å². The van der Waals surface area contributed by atoms with Gasteiger partial charge in [0.2, 0.25) is 0 Å². The van der Waals surface area contributed by atoms with E-state index in [1.165, 1.54) is 12.1 Å². The van der Waals surface area contributed by atoms with Gasteiger partial charge in [-0.3, -0.25) is 0 Å². The first-order valence-electron chi connectivity index (χ1n) is 6.12. The van der Waals surface area contributed by atoms with Crippen molar-refractivity contribution in [1.29, 1.82) is 0 Å². The highest BCUT2D eigenvalue weighted by molar-refractivity contribution is 5.70. The smallest absolute Gasteiger partial charge is 0.410 e. The van der Waals surface area contributed by atoms with Crippen LogP contribution < -0.4 is 10.1 Å². The minimum Gasteiger partial charge on any atom is -0.410 e. The molecule has 0 aliphatic rings. The number of benzene rings is 2. The number of carbonyl (C=O) groups excluding carboxylic acids is 1. The van der Waals surface area contributed by atoms with Crippen LogP contribution in [0.3, 0.4) is 0 Å². The third-order valence-corrected chi connectivity index (χ3v) is 2.67. The number of hydrogen-bond donors (Lipinski definition) is 1. The van der Waals surface area contributed by atoms with Crippen molar-refractivity contribution in [2.24, 2.45) is 0 Å². The molecule has 0 heterocycles. The van der Waals surface area contributed by atoms with Crippen LogP contribution in [0.25, 0.3) is 0 Å². The van der Waals surface area contributed by atoms with Gasteiger partial charge in [-0.2, -0.15) is 13.2 Å². The van der Waals surface area contributed by atoms with E-state index in [0.717, 1.165) is 12.1 Å². The third-order valence-electron chi connectivity index (χ3n) is 2.67. The van der Waals surface area contributed by atoms with E-state index >= 15 is 0 Å². The number of amides is 1. The summed E-state index contributed by atoms with van der Waals surface area (Å²) in [6, 6.07) is 13.0. The second kappa shape index (κ2) is 6.30. The average molecular weight is 295 g/mol. The van der Waals surface area contributed by atoms with Crippen LogP contribution in [0.1, 0.15) is 11.1 Å². The van der Waals surface area contributed by atoms with Crippen molar-refractivity contribution in [3.63, 3.8) is 0 Å². The summed E-state index contributed by atoms with van der Waals surface area (Å²) in [6.45, 7) is 0.0871. The summed E-state index contributed by atoms with van der Waals surface area (Å²) in [5.74, 6) is 0.391. The molecule has 1 N–H and O–H groups in total. The molecule has 2 aromatic carbocycles. The van der Waals surface area contributed by atoms with Crippen LogP contribution in [-0.2, 0) is 12.7 Å². The molecular formula is C15H12F3NO2. The number of alkyl halides is 3. The van der Waals surface area contributed by atoms with E-state index in [1.807, 2.05) is 0 Å². The lowest BCUT2D eigenvalue weighted by Crippen LogP contribution is -2.26. The monoisotopic (exact) mass is 295 g/mol. The second-order valence-corrected chi connectivity index (χ2v) is 4.25. The van der Waals surface area contributed by atoms with Crippen molar-refractivity contribution in [2.75, 3.05) is 0 Å². The Morgan fingerprint density at radius 1 is 1.00 bits per heavy atom. The van der Waals surface area contributed by atoms with Crippen LogP contribution in [0, 0.1) is 0 Å². The predicted molar refractivity (Wildman–Crippen MR) is 70.7 cm³/mol. The Balaban J connectivity index is 1.87. The average Bonchev–Trinajstić information content (AvgIpc) is 2.46. The zero-order chi connectivity index (χ0) is 15.3. The molecule has 0 saturated heterocycles. The van der Waals surface area contributed by atoms with Gasteiger partial charge in [0, 0.05) is 6.54 Å². The Bertz CT molecular complexity index is 595. The number of halogens is 3. The lowest BCUT2D eigenvalue weighted by molar-refractivity contribution is -0.137. The maximum Gasteiger partial charge on any atom is 0.416 e. The molecule has 0 fully saturated rings. The van der Waals surface area contributed by atoms with E-state index in [1.54, 1.807) is 30.3 Å². The van der Waals surface area contributed by atoms with E-state index in [4.69, 9.17) is 4.74 Å². The fourth-order valence-electron chi connectivity index (χ4n) is 1.62. The molecule has 2 aromatic rings. The number of ether oxygens (including phenoxy) is 1. The highest BCUT2D eigenvalue weighted by Gasteiger charge is 2.29. The van der Waals surface area contributed by atoms with E-state index in [0.29, 0.717) is 11.3 Å². The molecule has 110 valence electrons. The van der Waals surface area contributed by atoms with Crippen LogP contribution in [0.4, 0.5) is 18.0 Å². The maximum atomic E-state index is 12.4. The fraction of sp³-hybridized carbons (Fsp3) is 0.133. The van der Waals surface area contributed by atoms with Crippen molar-refractivity contribution in [3.8, 4) is 5.75 Å². The Morgan fingerprint density at radius 3 is 2.19 bits per heavy atom. The quantitative estimate of drug-likeness (QED) is 0.929. The van der Waals surface area contributed by atoms with Crippen LogP contribution in [0.15, 0.2) is 54.6 Å². The van der Waals surface area contributed by atoms with Crippen molar-refractivity contribution >= 4 is 6.09 Å². The molecule has 0 bridgehead atoms. The van der Waals surface area contributed by atoms with Crippen molar-refractivity contribution < 1.29 is 22.7 Å². The van der Waals surface area contributed by atoms with Crippen molar-refractivity contribution in [1.82, 2.24) is 5.32 Å². The molecule has 0 saturated carbocycles. The normalized spacial score (nSPS) is 11.0. The Labute approximate surface area is 119 Å². The van der Waals surface area contributed by atoms with Gasteiger partial charge in [0.05, 0.1) is 5.56 Å². The minimum atomic E-state index is -4.36. The maximum absolute atomic E-state index is 12.4. The van der Waals surface area contributed by atoms with Gasteiger partial charge in [-0.1, -0.05) is 30.3 Å². The van der Waals surface area contributed by atoms with E-state index in [2.05, 4.69) is 5.32 Å². The van der Waals surface area contributed by atoms with Gasteiger partial charge < -0.3 is 10.1 Å². The molecule has 0 aliphatic carbocycles. The molecule has 21 heavy (non-hydrogen) atoms. The van der Waals surface area contributed by atoms with Crippen molar-refractivity contribution in [2.45, 2.75) is 12.7 Å².